The molecule has 2 nitrogen and oxygen atoms in total. The first-order valence-electron chi connectivity index (χ1n) is 9.73. The summed E-state index contributed by atoms with van der Waals surface area (Å²) in [7, 11) is -1.63. The van der Waals surface area contributed by atoms with Crippen molar-refractivity contribution in [2.75, 3.05) is 6.61 Å². The largest absolute Gasteiger partial charge is 0.594 e. The van der Waals surface area contributed by atoms with Crippen LogP contribution < -0.4 is 0 Å². The van der Waals surface area contributed by atoms with Crippen LogP contribution >= 0.6 is 0 Å². The topological polar surface area (TPSA) is 26.3 Å². The second-order valence-electron chi connectivity index (χ2n) is 6.91. The van der Waals surface area contributed by atoms with E-state index in [1.807, 2.05) is 0 Å². The number of rotatable bonds is 17. The van der Waals surface area contributed by atoms with E-state index in [1.54, 1.807) is 18.1 Å². The molecular weight excluding hydrogens is 304 g/mol. The van der Waals surface area contributed by atoms with Crippen molar-refractivity contribution in [2.45, 2.75) is 109 Å². The van der Waals surface area contributed by atoms with E-state index in [0.717, 1.165) is 6.42 Å². The first-order valence-corrected chi connectivity index (χ1v) is 13.4. The highest BCUT2D eigenvalue weighted by atomic mass is 28.3. The molecule has 4 heteroatoms. The summed E-state index contributed by atoms with van der Waals surface area (Å²) < 4.78 is 15.3. The lowest BCUT2D eigenvalue weighted by atomic mass is 10.3. The van der Waals surface area contributed by atoms with E-state index in [0.29, 0.717) is 6.61 Å². The first-order chi connectivity index (χ1) is 10.7. The van der Waals surface area contributed by atoms with Gasteiger partial charge in [0.15, 0.2) is 0 Å². The van der Waals surface area contributed by atoms with Gasteiger partial charge in [-0.15, -0.1) is 0 Å². The van der Waals surface area contributed by atoms with Gasteiger partial charge >= 0.3 is 9.65 Å². The Morgan fingerprint density at radius 1 is 0.682 bits per heavy atom. The predicted molar refractivity (Wildman–Crippen MR) is 101 cm³/mol. The van der Waals surface area contributed by atoms with Crippen molar-refractivity contribution in [2.24, 2.45) is 0 Å². The molecule has 0 N–H and O–H groups in total. The van der Waals surface area contributed by atoms with Gasteiger partial charge in [-0.2, -0.15) is 0 Å². The average Bonchev–Trinajstić information content (AvgIpc) is 2.54. The Kier molecular flexibility index (Phi) is 15.9. The molecule has 0 aliphatic heterocycles. The van der Waals surface area contributed by atoms with E-state index < -0.39 is 17.7 Å². The molecule has 0 spiro atoms. The molecule has 0 aromatic carbocycles. The Morgan fingerprint density at radius 2 is 1.18 bits per heavy atom. The van der Waals surface area contributed by atoms with Gasteiger partial charge in [-0.25, -0.2) is 0 Å². The molecule has 0 fully saturated rings. The van der Waals surface area contributed by atoms with Gasteiger partial charge in [0.05, 0.1) is 14.7 Å². The minimum Gasteiger partial charge on any atom is -0.520 e. The van der Waals surface area contributed by atoms with Crippen LogP contribution in [0.2, 0.25) is 24.2 Å². The normalized spacial score (nSPS) is 11.6. The lowest BCUT2D eigenvalue weighted by Gasteiger charge is -2.32. The maximum atomic E-state index is 10.3. The van der Waals surface area contributed by atoms with Crippen LogP contribution in [0, 0.1) is 0 Å². The van der Waals surface area contributed by atoms with Gasteiger partial charge in [0.2, 0.25) is 0 Å². The van der Waals surface area contributed by atoms with Crippen molar-refractivity contribution in [3.8, 4) is 0 Å². The molecule has 0 aromatic heterocycles. The van der Waals surface area contributed by atoms with E-state index in [-0.39, 0.29) is 0 Å². The van der Waals surface area contributed by atoms with Crippen LogP contribution in [0.4, 0.5) is 0 Å². The van der Waals surface area contributed by atoms with Gasteiger partial charge < -0.3 is 8.89 Å². The lowest BCUT2D eigenvalue weighted by molar-refractivity contribution is 0.299. The van der Waals surface area contributed by atoms with Crippen LogP contribution in [0.3, 0.4) is 0 Å². The van der Waals surface area contributed by atoms with E-state index in [9.17, 15) is 4.46 Å². The Morgan fingerprint density at radius 3 is 1.68 bits per heavy atom. The van der Waals surface area contributed by atoms with Crippen molar-refractivity contribution in [3.63, 3.8) is 0 Å². The van der Waals surface area contributed by atoms with Gasteiger partial charge in [0.25, 0.3) is 0 Å². The highest BCUT2D eigenvalue weighted by Gasteiger charge is 2.30. The van der Waals surface area contributed by atoms with Crippen LogP contribution in [-0.2, 0) is 8.89 Å². The van der Waals surface area contributed by atoms with Crippen LogP contribution in [0.5, 0.6) is 0 Å². The summed E-state index contributed by atoms with van der Waals surface area (Å²) in [6.45, 7) is 7.67. The third kappa shape index (κ3) is 11.6. The molecule has 0 saturated heterocycles. The first kappa shape index (κ1) is 22.0. The molecule has 0 aliphatic carbocycles. The lowest BCUT2D eigenvalue weighted by Crippen LogP contribution is -2.33. The molecule has 0 atom stereocenters. The van der Waals surface area contributed by atoms with Crippen molar-refractivity contribution < 1.29 is 8.89 Å². The highest BCUT2D eigenvalue weighted by molar-refractivity contribution is 6.79. The summed E-state index contributed by atoms with van der Waals surface area (Å²) in [5.41, 5.74) is 0. The molecule has 0 amide bonds. The van der Waals surface area contributed by atoms with Gasteiger partial charge in [-0.3, -0.25) is 0 Å². The maximum Gasteiger partial charge on any atom is 0.594 e. The van der Waals surface area contributed by atoms with Gasteiger partial charge in [-0.05, 0) is 6.42 Å². The van der Waals surface area contributed by atoms with Crippen LogP contribution in [0.1, 0.15) is 85.0 Å². The van der Waals surface area contributed by atoms with Gasteiger partial charge in [0.1, 0.15) is 0 Å². The molecule has 131 valence electrons. The fourth-order valence-corrected chi connectivity index (χ4v) is 9.43. The van der Waals surface area contributed by atoms with Crippen LogP contribution in [0.15, 0.2) is 0 Å². The third-order valence-electron chi connectivity index (χ3n) is 4.94. The second-order valence-corrected chi connectivity index (χ2v) is 12.4. The molecule has 0 heterocycles. The quantitative estimate of drug-likeness (QED) is 0.226. The van der Waals surface area contributed by atoms with E-state index in [1.165, 1.54) is 63.8 Å². The molecule has 0 aliphatic rings. The molecule has 0 aromatic rings. The van der Waals surface area contributed by atoms with Crippen molar-refractivity contribution >= 4 is 17.7 Å². The molecule has 0 bridgehead atoms. The minimum absolute atomic E-state index is 0.583. The SMILES string of the molecule is CCCCC[Si](CCCC)(CCCC)CCCCCO[Si]=O. The predicted octanol–water partition coefficient (Wildman–Crippen LogP) is 6.38. The highest BCUT2D eigenvalue weighted by Crippen LogP contribution is 2.34. The zero-order chi connectivity index (χ0) is 16.5. The van der Waals surface area contributed by atoms with E-state index >= 15 is 0 Å². The smallest absolute Gasteiger partial charge is 0.520 e. The zero-order valence-corrected chi connectivity index (χ0v) is 17.4. The molecule has 0 rings (SSSR count). The summed E-state index contributed by atoms with van der Waals surface area (Å²) in [6.07, 6.45) is 13.5. The second kappa shape index (κ2) is 15.9. The number of hydrogen-bond acceptors (Lipinski definition) is 2. The number of hydrogen-bond donors (Lipinski definition) is 0. The van der Waals surface area contributed by atoms with E-state index in [4.69, 9.17) is 4.43 Å². The minimum atomic E-state index is -1.04. The molecule has 1 radical (unpaired) electrons. The Labute approximate surface area is 142 Å². The van der Waals surface area contributed by atoms with Crippen molar-refractivity contribution in [1.82, 2.24) is 0 Å². The molecular formula is C18H39O2Si2. The summed E-state index contributed by atoms with van der Waals surface area (Å²) in [5.74, 6) is 0. The summed E-state index contributed by atoms with van der Waals surface area (Å²) in [4.78, 5) is 0. The van der Waals surface area contributed by atoms with Crippen molar-refractivity contribution in [1.29, 1.82) is 0 Å². The molecule has 0 unspecified atom stereocenters. The maximum absolute atomic E-state index is 10.3. The monoisotopic (exact) mass is 343 g/mol. The summed E-state index contributed by atoms with van der Waals surface area (Å²) in [5, 5.41) is 0. The summed E-state index contributed by atoms with van der Waals surface area (Å²) in [6, 6.07) is 6.22. The molecule has 22 heavy (non-hydrogen) atoms. The van der Waals surface area contributed by atoms with Gasteiger partial charge in [-0.1, -0.05) is 103 Å². The summed E-state index contributed by atoms with van der Waals surface area (Å²) >= 11 is 0. The molecule has 0 saturated carbocycles. The Balaban J connectivity index is 4.36. The third-order valence-corrected chi connectivity index (χ3v) is 10.9. The fraction of sp³-hybridized carbons (Fsp3) is 1.00. The number of unbranched alkanes of at least 4 members (excludes halogenated alkanes) is 6. The van der Waals surface area contributed by atoms with Gasteiger partial charge in [0, 0.05) is 0 Å². The van der Waals surface area contributed by atoms with Crippen LogP contribution in [-0.4, -0.2) is 24.3 Å². The standard InChI is InChI=1S/C18H39O2Si2/c1-4-7-12-17-22(15-8-5-2,16-9-6-3)18-13-10-11-14-20-21-19/h4-18H2,1-3H3. The Hall–Kier alpha value is 0.0338. The van der Waals surface area contributed by atoms with Crippen molar-refractivity contribution in [3.05, 3.63) is 0 Å². The van der Waals surface area contributed by atoms with E-state index in [2.05, 4.69) is 20.8 Å². The fourth-order valence-electron chi connectivity index (χ4n) is 3.50. The Bertz CT molecular complexity index is 239. The zero-order valence-electron chi connectivity index (χ0n) is 15.4. The van der Waals surface area contributed by atoms with Crippen LogP contribution in [0.25, 0.3) is 0 Å². The average molecular weight is 344 g/mol.